The van der Waals surface area contributed by atoms with Crippen LogP contribution in [0.15, 0.2) is 46.3 Å². The maximum Gasteiger partial charge on any atom is 0.131 e. The number of halogens is 3. The second-order valence-corrected chi connectivity index (χ2v) is 6.19. The van der Waals surface area contributed by atoms with Crippen LogP contribution >= 0.6 is 27.3 Å². The van der Waals surface area contributed by atoms with Crippen molar-refractivity contribution < 1.29 is 8.78 Å². The first kappa shape index (κ1) is 13.7. The molecule has 1 aromatic heterocycles. The maximum absolute atomic E-state index is 13.8. The summed E-state index contributed by atoms with van der Waals surface area (Å²) >= 11 is 5.03. The Labute approximate surface area is 127 Å². The van der Waals surface area contributed by atoms with E-state index in [9.17, 15) is 8.78 Å². The Hall–Kier alpha value is -1.30. The summed E-state index contributed by atoms with van der Waals surface area (Å²) in [6.45, 7) is 0. The predicted molar refractivity (Wildman–Crippen MR) is 81.9 cm³/mol. The van der Waals surface area contributed by atoms with Crippen molar-refractivity contribution in [3.05, 3.63) is 69.0 Å². The molecular weight excluding hydrogens is 344 g/mol. The number of rotatable bonds is 2. The summed E-state index contributed by atoms with van der Waals surface area (Å²) in [4.78, 5) is 0. The highest BCUT2D eigenvalue weighted by molar-refractivity contribution is 9.10. The molecule has 2 aromatic carbocycles. The lowest BCUT2D eigenvalue weighted by atomic mass is 9.98. The van der Waals surface area contributed by atoms with Crippen molar-refractivity contribution in [3.8, 4) is 0 Å². The first-order valence-corrected chi connectivity index (χ1v) is 7.61. The SMILES string of the molecule is NC(c1ccc(F)cc1F)c1csc2c(Br)cccc12. The predicted octanol–water partition coefficient (Wildman–Crippen LogP) is 4.99. The van der Waals surface area contributed by atoms with Gasteiger partial charge in [-0.1, -0.05) is 18.2 Å². The van der Waals surface area contributed by atoms with Crippen LogP contribution in [0.1, 0.15) is 17.2 Å². The van der Waals surface area contributed by atoms with Gasteiger partial charge in [-0.2, -0.15) is 0 Å². The summed E-state index contributed by atoms with van der Waals surface area (Å²) in [5.74, 6) is -1.22. The van der Waals surface area contributed by atoms with Crippen molar-refractivity contribution in [2.45, 2.75) is 6.04 Å². The van der Waals surface area contributed by atoms with Crippen molar-refractivity contribution in [3.63, 3.8) is 0 Å². The molecule has 3 rings (SSSR count). The maximum atomic E-state index is 13.8. The minimum absolute atomic E-state index is 0.297. The van der Waals surface area contributed by atoms with Gasteiger partial charge in [-0.05, 0) is 44.4 Å². The highest BCUT2D eigenvalue weighted by atomic mass is 79.9. The Bertz CT molecular complexity index is 785. The van der Waals surface area contributed by atoms with E-state index in [0.29, 0.717) is 5.56 Å². The second kappa shape index (κ2) is 5.24. The topological polar surface area (TPSA) is 26.0 Å². The summed E-state index contributed by atoms with van der Waals surface area (Å²) in [5.41, 5.74) is 7.30. The lowest BCUT2D eigenvalue weighted by Gasteiger charge is -2.12. The van der Waals surface area contributed by atoms with Crippen LogP contribution in [0.2, 0.25) is 0 Å². The Morgan fingerprint density at radius 2 is 1.90 bits per heavy atom. The molecule has 102 valence electrons. The largest absolute Gasteiger partial charge is 0.320 e. The van der Waals surface area contributed by atoms with Crippen molar-refractivity contribution in [2.24, 2.45) is 5.73 Å². The molecule has 0 aliphatic rings. The van der Waals surface area contributed by atoms with Crippen LogP contribution < -0.4 is 5.73 Å². The molecule has 0 aliphatic heterocycles. The van der Waals surface area contributed by atoms with E-state index in [1.54, 1.807) is 11.3 Å². The Morgan fingerprint density at radius 3 is 2.65 bits per heavy atom. The van der Waals surface area contributed by atoms with E-state index < -0.39 is 17.7 Å². The number of hydrogen-bond acceptors (Lipinski definition) is 2. The number of thiophene rings is 1. The highest BCUT2D eigenvalue weighted by Crippen LogP contribution is 2.36. The van der Waals surface area contributed by atoms with Gasteiger partial charge in [0, 0.05) is 20.8 Å². The van der Waals surface area contributed by atoms with E-state index in [4.69, 9.17) is 5.73 Å². The fourth-order valence-corrected chi connectivity index (χ4v) is 3.86. The standard InChI is InChI=1S/C15H10BrF2NS/c16-12-3-1-2-9-11(7-20-15(9)12)14(19)10-5-4-8(17)6-13(10)18/h1-7,14H,19H2. The molecule has 0 amide bonds. The van der Waals surface area contributed by atoms with Gasteiger partial charge in [-0.25, -0.2) is 8.78 Å². The number of benzene rings is 2. The zero-order valence-corrected chi connectivity index (χ0v) is 12.6. The molecule has 0 bridgehead atoms. The van der Waals surface area contributed by atoms with Gasteiger partial charge in [0.15, 0.2) is 0 Å². The molecule has 0 radical (unpaired) electrons. The Morgan fingerprint density at radius 1 is 1.10 bits per heavy atom. The van der Waals surface area contributed by atoms with Crippen molar-refractivity contribution in [1.82, 2.24) is 0 Å². The summed E-state index contributed by atoms with van der Waals surface area (Å²) in [7, 11) is 0. The van der Waals surface area contributed by atoms with Gasteiger partial charge in [-0.15, -0.1) is 11.3 Å². The van der Waals surface area contributed by atoms with E-state index in [1.807, 2.05) is 23.6 Å². The first-order chi connectivity index (χ1) is 9.58. The van der Waals surface area contributed by atoms with Crippen molar-refractivity contribution in [1.29, 1.82) is 0 Å². The van der Waals surface area contributed by atoms with E-state index in [0.717, 1.165) is 26.2 Å². The molecule has 1 heterocycles. The third kappa shape index (κ3) is 2.26. The molecule has 1 nitrogen and oxygen atoms in total. The van der Waals surface area contributed by atoms with Crippen LogP contribution in [-0.2, 0) is 0 Å². The van der Waals surface area contributed by atoms with Crippen LogP contribution in [-0.4, -0.2) is 0 Å². The monoisotopic (exact) mass is 353 g/mol. The molecule has 5 heteroatoms. The van der Waals surface area contributed by atoms with Gasteiger partial charge in [0.05, 0.1) is 6.04 Å². The van der Waals surface area contributed by atoms with Gasteiger partial charge in [0.2, 0.25) is 0 Å². The van der Waals surface area contributed by atoms with Gasteiger partial charge >= 0.3 is 0 Å². The van der Waals surface area contributed by atoms with Gasteiger partial charge in [0.1, 0.15) is 11.6 Å². The number of hydrogen-bond donors (Lipinski definition) is 1. The fourth-order valence-electron chi connectivity index (χ4n) is 2.20. The molecular formula is C15H10BrF2NS. The first-order valence-electron chi connectivity index (χ1n) is 5.94. The van der Waals surface area contributed by atoms with Gasteiger partial charge in [-0.3, -0.25) is 0 Å². The summed E-state index contributed by atoms with van der Waals surface area (Å²) < 4.78 is 28.9. The minimum atomic E-state index is -0.619. The lowest BCUT2D eigenvalue weighted by molar-refractivity contribution is 0.566. The third-order valence-electron chi connectivity index (χ3n) is 3.21. The summed E-state index contributed by atoms with van der Waals surface area (Å²) in [6, 6.07) is 8.69. The third-order valence-corrected chi connectivity index (χ3v) is 5.18. The summed E-state index contributed by atoms with van der Waals surface area (Å²) in [5, 5.41) is 2.91. The number of nitrogens with two attached hydrogens (primary N) is 1. The zero-order valence-electron chi connectivity index (χ0n) is 10.2. The Balaban J connectivity index is 2.13. The minimum Gasteiger partial charge on any atom is -0.320 e. The van der Waals surface area contributed by atoms with Crippen molar-refractivity contribution in [2.75, 3.05) is 0 Å². The normalized spacial score (nSPS) is 12.8. The van der Waals surface area contributed by atoms with Crippen LogP contribution in [0.4, 0.5) is 8.78 Å². The van der Waals surface area contributed by atoms with E-state index in [1.165, 1.54) is 12.1 Å². The highest BCUT2D eigenvalue weighted by Gasteiger charge is 2.18. The van der Waals surface area contributed by atoms with Crippen LogP contribution in [0.25, 0.3) is 10.1 Å². The molecule has 0 aliphatic carbocycles. The van der Waals surface area contributed by atoms with E-state index in [2.05, 4.69) is 15.9 Å². The van der Waals surface area contributed by atoms with Crippen LogP contribution in [0.5, 0.6) is 0 Å². The average molecular weight is 354 g/mol. The molecule has 2 N–H and O–H groups in total. The average Bonchev–Trinajstić information content (AvgIpc) is 2.83. The zero-order chi connectivity index (χ0) is 14.3. The van der Waals surface area contributed by atoms with Crippen LogP contribution in [0.3, 0.4) is 0 Å². The number of fused-ring (bicyclic) bond motifs is 1. The van der Waals surface area contributed by atoms with E-state index in [-0.39, 0.29) is 0 Å². The van der Waals surface area contributed by atoms with Gasteiger partial charge < -0.3 is 5.73 Å². The quantitative estimate of drug-likeness (QED) is 0.689. The smallest absolute Gasteiger partial charge is 0.131 e. The van der Waals surface area contributed by atoms with Crippen molar-refractivity contribution >= 4 is 37.4 Å². The molecule has 1 unspecified atom stereocenters. The van der Waals surface area contributed by atoms with Crippen LogP contribution in [0, 0.1) is 11.6 Å². The molecule has 0 fully saturated rings. The van der Waals surface area contributed by atoms with E-state index >= 15 is 0 Å². The Kier molecular flexibility index (Phi) is 3.58. The molecule has 0 spiro atoms. The van der Waals surface area contributed by atoms with Gasteiger partial charge in [0.25, 0.3) is 0 Å². The second-order valence-electron chi connectivity index (χ2n) is 4.45. The lowest BCUT2D eigenvalue weighted by Crippen LogP contribution is -2.13. The fraction of sp³-hybridized carbons (Fsp3) is 0.0667. The molecule has 1 atom stereocenters. The summed E-state index contributed by atoms with van der Waals surface area (Å²) in [6.07, 6.45) is 0. The molecule has 0 saturated heterocycles. The molecule has 20 heavy (non-hydrogen) atoms. The molecule has 0 saturated carbocycles. The molecule has 3 aromatic rings.